The summed E-state index contributed by atoms with van der Waals surface area (Å²) in [6, 6.07) is 4.49. The summed E-state index contributed by atoms with van der Waals surface area (Å²) < 4.78 is 18.6. The molecule has 1 aliphatic heterocycles. The Bertz CT molecular complexity index is 840. The van der Waals surface area contributed by atoms with Crippen LogP contribution in [0.2, 0.25) is 5.22 Å². The van der Waals surface area contributed by atoms with Gasteiger partial charge in [-0.3, -0.25) is 9.59 Å². The van der Waals surface area contributed by atoms with E-state index in [0.29, 0.717) is 55.8 Å². The van der Waals surface area contributed by atoms with E-state index >= 15 is 0 Å². The number of amides is 2. The monoisotopic (exact) mass is 393 g/mol. The van der Waals surface area contributed by atoms with Gasteiger partial charge in [-0.1, -0.05) is 11.2 Å². The maximum atomic E-state index is 13.7. The van der Waals surface area contributed by atoms with Gasteiger partial charge in [-0.05, 0) is 49.6 Å². The molecule has 3 rings (SSSR count). The number of rotatable bonds is 4. The van der Waals surface area contributed by atoms with Crippen molar-refractivity contribution in [2.24, 2.45) is 0 Å². The second-order valence-electron chi connectivity index (χ2n) is 6.66. The van der Waals surface area contributed by atoms with Gasteiger partial charge < -0.3 is 14.3 Å². The molecule has 0 bridgehead atoms. The third-order valence-electron chi connectivity index (χ3n) is 4.86. The van der Waals surface area contributed by atoms with E-state index in [1.807, 2.05) is 0 Å². The lowest BCUT2D eigenvalue weighted by atomic mass is 10.1. The van der Waals surface area contributed by atoms with E-state index in [2.05, 4.69) is 5.16 Å². The van der Waals surface area contributed by atoms with Gasteiger partial charge in [-0.25, -0.2) is 4.39 Å². The van der Waals surface area contributed by atoms with Crippen molar-refractivity contribution in [2.75, 3.05) is 26.2 Å². The first-order valence-corrected chi connectivity index (χ1v) is 9.18. The molecule has 2 amide bonds. The van der Waals surface area contributed by atoms with Gasteiger partial charge in [0.2, 0.25) is 11.1 Å². The SMILES string of the molecule is Cc1ccc(C(=O)N2CCN(C(=O)CCc3c(C)noc3Cl)CC2)cc1F. The molecule has 6 nitrogen and oxygen atoms in total. The summed E-state index contributed by atoms with van der Waals surface area (Å²) in [5.74, 6) is -0.606. The summed E-state index contributed by atoms with van der Waals surface area (Å²) in [5, 5.41) is 4.00. The van der Waals surface area contributed by atoms with Crippen LogP contribution < -0.4 is 0 Å². The van der Waals surface area contributed by atoms with Crippen molar-refractivity contribution in [3.8, 4) is 0 Å². The van der Waals surface area contributed by atoms with Crippen molar-refractivity contribution in [2.45, 2.75) is 26.7 Å². The van der Waals surface area contributed by atoms with Crippen LogP contribution >= 0.6 is 11.6 Å². The van der Waals surface area contributed by atoms with Crippen LogP contribution in [0.15, 0.2) is 22.7 Å². The van der Waals surface area contributed by atoms with E-state index in [0.717, 1.165) is 5.56 Å². The number of nitrogens with zero attached hydrogens (tertiary/aromatic N) is 3. The highest BCUT2D eigenvalue weighted by Crippen LogP contribution is 2.21. The fourth-order valence-corrected chi connectivity index (χ4v) is 3.36. The molecule has 0 aliphatic carbocycles. The molecule has 1 aromatic carbocycles. The van der Waals surface area contributed by atoms with Crippen molar-refractivity contribution in [3.05, 3.63) is 51.6 Å². The normalized spacial score (nSPS) is 14.5. The molecule has 2 aromatic rings. The Morgan fingerprint density at radius 3 is 2.44 bits per heavy atom. The quantitative estimate of drug-likeness (QED) is 0.800. The predicted molar refractivity (Wildman–Crippen MR) is 98.2 cm³/mol. The van der Waals surface area contributed by atoms with Crippen molar-refractivity contribution >= 4 is 23.4 Å². The lowest BCUT2D eigenvalue weighted by molar-refractivity contribution is -0.132. The van der Waals surface area contributed by atoms with E-state index in [1.165, 1.54) is 6.07 Å². The number of aryl methyl sites for hydroxylation is 2. The Labute approximate surface area is 161 Å². The first kappa shape index (κ1) is 19.4. The molecule has 1 aliphatic rings. The fourth-order valence-electron chi connectivity index (χ4n) is 3.10. The van der Waals surface area contributed by atoms with E-state index in [1.54, 1.807) is 35.8 Å². The van der Waals surface area contributed by atoms with Gasteiger partial charge in [0.15, 0.2) is 0 Å². The fraction of sp³-hybridized carbons (Fsp3) is 0.421. The number of carbonyl (C=O) groups is 2. The van der Waals surface area contributed by atoms with Crippen LogP contribution in [0, 0.1) is 19.7 Å². The summed E-state index contributed by atoms with van der Waals surface area (Å²) in [6.45, 7) is 5.19. The van der Waals surface area contributed by atoms with Crippen LogP contribution in [0.3, 0.4) is 0 Å². The molecule has 0 atom stereocenters. The number of hydrogen-bond donors (Lipinski definition) is 0. The summed E-state index contributed by atoms with van der Waals surface area (Å²) in [4.78, 5) is 28.3. The average Bonchev–Trinajstić information content (AvgIpc) is 2.99. The molecule has 0 radical (unpaired) electrons. The van der Waals surface area contributed by atoms with Crippen LogP contribution in [0.1, 0.15) is 33.6 Å². The molecule has 1 fully saturated rings. The molecule has 0 N–H and O–H groups in total. The Morgan fingerprint density at radius 1 is 1.19 bits per heavy atom. The summed E-state index contributed by atoms with van der Waals surface area (Å²) in [7, 11) is 0. The van der Waals surface area contributed by atoms with Gasteiger partial charge in [0.05, 0.1) is 5.69 Å². The topological polar surface area (TPSA) is 66.7 Å². The summed E-state index contributed by atoms with van der Waals surface area (Å²) in [6.07, 6.45) is 0.772. The van der Waals surface area contributed by atoms with Crippen LogP contribution in [0.5, 0.6) is 0 Å². The van der Waals surface area contributed by atoms with Gasteiger partial charge in [0, 0.05) is 43.7 Å². The zero-order valence-electron chi connectivity index (χ0n) is 15.3. The van der Waals surface area contributed by atoms with Gasteiger partial charge >= 0.3 is 0 Å². The summed E-state index contributed by atoms with van der Waals surface area (Å²) >= 11 is 5.92. The number of hydrogen-bond acceptors (Lipinski definition) is 4. The molecule has 0 unspecified atom stereocenters. The average molecular weight is 394 g/mol. The maximum absolute atomic E-state index is 13.7. The summed E-state index contributed by atoms with van der Waals surface area (Å²) in [5.41, 5.74) is 2.27. The maximum Gasteiger partial charge on any atom is 0.254 e. The second-order valence-corrected chi connectivity index (χ2v) is 7.00. The number of halogens is 2. The predicted octanol–water partition coefficient (Wildman–Crippen LogP) is 3.00. The number of benzene rings is 1. The van der Waals surface area contributed by atoms with Gasteiger partial charge in [0.25, 0.3) is 5.91 Å². The Morgan fingerprint density at radius 2 is 1.85 bits per heavy atom. The highest BCUT2D eigenvalue weighted by atomic mass is 35.5. The Kier molecular flexibility index (Phi) is 5.79. The molecule has 27 heavy (non-hydrogen) atoms. The lowest BCUT2D eigenvalue weighted by Crippen LogP contribution is -2.50. The third kappa shape index (κ3) is 4.30. The van der Waals surface area contributed by atoms with E-state index < -0.39 is 5.82 Å². The highest BCUT2D eigenvalue weighted by molar-refractivity contribution is 6.29. The standard InChI is InChI=1S/C19H21ClFN3O3/c1-12-3-4-14(11-16(12)21)19(26)24-9-7-23(8-10-24)17(25)6-5-15-13(2)22-27-18(15)20/h3-4,11H,5-10H2,1-2H3. The zero-order chi connectivity index (χ0) is 19.6. The minimum Gasteiger partial charge on any atom is -0.344 e. The van der Waals surface area contributed by atoms with Gasteiger partial charge in [-0.2, -0.15) is 0 Å². The number of aromatic nitrogens is 1. The lowest BCUT2D eigenvalue weighted by Gasteiger charge is -2.35. The smallest absolute Gasteiger partial charge is 0.254 e. The second kappa shape index (κ2) is 8.08. The zero-order valence-corrected chi connectivity index (χ0v) is 16.1. The van der Waals surface area contributed by atoms with E-state index in [9.17, 15) is 14.0 Å². The molecular weight excluding hydrogens is 373 g/mol. The van der Waals surface area contributed by atoms with Crippen molar-refractivity contribution in [1.82, 2.24) is 15.0 Å². The van der Waals surface area contributed by atoms with Crippen LogP contribution in [-0.4, -0.2) is 52.9 Å². The van der Waals surface area contributed by atoms with Crippen molar-refractivity contribution in [1.29, 1.82) is 0 Å². The molecule has 0 saturated carbocycles. The first-order valence-electron chi connectivity index (χ1n) is 8.80. The van der Waals surface area contributed by atoms with Crippen LogP contribution in [0.25, 0.3) is 0 Å². The molecule has 2 heterocycles. The Hall–Kier alpha value is -2.41. The van der Waals surface area contributed by atoms with Gasteiger partial charge in [-0.15, -0.1) is 0 Å². The molecule has 1 aromatic heterocycles. The number of carbonyl (C=O) groups excluding carboxylic acids is 2. The molecule has 0 spiro atoms. The largest absolute Gasteiger partial charge is 0.344 e. The molecular formula is C19H21ClFN3O3. The van der Waals surface area contributed by atoms with E-state index in [-0.39, 0.29) is 17.0 Å². The molecule has 144 valence electrons. The molecule has 1 saturated heterocycles. The van der Waals surface area contributed by atoms with Gasteiger partial charge in [0.1, 0.15) is 5.82 Å². The first-order chi connectivity index (χ1) is 12.9. The number of piperazine rings is 1. The van der Waals surface area contributed by atoms with Crippen molar-refractivity contribution in [3.63, 3.8) is 0 Å². The minimum absolute atomic E-state index is 0.000135. The van der Waals surface area contributed by atoms with Crippen molar-refractivity contribution < 1.29 is 18.5 Å². The third-order valence-corrected chi connectivity index (χ3v) is 5.16. The molecule has 8 heteroatoms. The van der Waals surface area contributed by atoms with Crippen LogP contribution in [0.4, 0.5) is 4.39 Å². The van der Waals surface area contributed by atoms with Crippen LogP contribution in [-0.2, 0) is 11.2 Å². The highest BCUT2D eigenvalue weighted by Gasteiger charge is 2.25. The van der Waals surface area contributed by atoms with E-state index in [4.69, 9.17) is 16.1 Å². The Balaban J connectivity index is 1.52. The minimum atomic E-state index is -0.391.